The number of rotatable bonds is 2. The summed E-state index contributed by atoms with van der Waals surface area (Å²) in [5.41, 5.74) is 0. The van der Waals surface area contributed by atoms with Crippen molar-refractivity contribution in [1.82, 2.24) is 0 Å². The molecule has 0 saturated heterocycles. The molecule has 0 aliphatic carbocycles. The molecule has 0 bridgehead atoms. The molecule has 1 rings (SSSR count). The summed E-state index contributed by atoms with van der Waals surface area (Å²) in [4.78, 5) is 9.21. The van der Waals surface area contributed by atoms with Crippen molar-refractivity contribution in [2.45, 2.75) is 0 Å². The maximum Gasteiger partial charge on any atom is 0.226 e. The standard InChI is InChI=1S/C8H11O3P/c1-11-7-4-3-5-8(6-7)12(2,9)10/h3-6H,1-2H3,(H,9,10). The highest BCUT2D eigenvalue weighted by Gasteiger charge is 2.13. The molecule has 3 nitrogen and oxygen atoms in total. The second kappa shape index (κ2) is 3.30. The first-order valence-corrected chi connectivity index (χ1v) is 5.59. The van der Waals surface area contributed by atoms with E-state index in [1.165, 1.54) is 13.8 Å². The van der Waals surface area contributed by atoms with Crippen molar-refractivity contribution in [1.29, 1.82) is 0 Å². The second-order valence-electron chi connectivity index (χ2n) is 2.58. The van der Waals surface area contributed by atoms with E-state index < -0.39 is 7.37 Å². The molecule has 0 amide bonds. The number of benzene rings is 1. The molecular weight excluding hydrogens is 175 g/mol. The average Bonchev–Trinajstić information content (AvgIpc) is 2.03. The van der Waals surface area contributed by atoms with Crippen molar-refractivity contribution in [3.63, 3.8) is 0 Å². The number of methoxy groups -OCH3 is 1. The molecule has 0 radical (unpaired) electrons. The molecule has 4 heteroatoms. The van der Waals surface area contributed by atoms with Gasteiger partial charge in [0.05, 0.1) is 7.11 Å². The summed E-state index contributed by atoms with van der Waals surface area (Å²) in [6, 6.07) is 6.61. The van der Waals surface area contributed by atoms with Crippen molar-refractivity contribution in [2.24, 2.45) is 0 Å². The third kappa shape index (κ3) is 2.10. The Kier molecular flexibility index (Phi) is 2.55. The molecule has 1 N–H and O–H groups in total. The Morgan fingerprint density at radius 1 is 1.50 bits per heavy atom. The van der Waals surface area contributed by atoms with Gasteiger partial charge in [-0.1, -0.05) is 6.07 Å². The van der Waals surface area contributed by atoms with E-state index in [0.29, 0.717) is 11.1 Å². The Balaban J connectivity index is 3.11. The Hall–Kier alpha value is -0.790. The first kappa shape index (κ1) is 9.30. The predicted octanol–water partition coefficient (Wildman–Crippen LogP) is 1.22. The molecule has 0 aromatic heterocycles. The lowest BCUT2D eigenvalue weighted by atomic mass is 10.3. The van der Waals surface area contributed by atoms with Crippen LogP contribution in [0.1, 0.15) is 0 Å². The van der Waals surface area contributed by atoms with Gasteiger partial charge in [-0.25, -0.2) is 0 Å². The smallest absolute Gasteiger partial charge is 0.226 e. The molecule has 0 spiro atoms. The quantitative estimate of drug-likeness (QED) is 0.706. The van der Waals surface area contributed by atoms with Crippen LogP contribution in [-0.2, 0) is 4.57 Å². The van der Waals surface area contributed by atoms with Gasteiger partial charge in [-0.05, 0) is 18.2 Å². The number of hydrogen-bond donors (Lipinski definition) is 1. The highest BCUT2D eigenvalue weighted by molar-refractivity contribution is 7.65. The van der Waals surface area contributed by atoms with Gasteiger partial charge in [-0.3, -0.25) is 4.57 Å². The minimum Gasteiger partial charge on any atom is -0.497 e. The minimum absolute atomic E-state index is 0.418. The van der Waals surface area contributed by atoms with Gasteiger partial charge in [0, 0.05) is 12.0 Å². The molecule has 1 aromatic carbocycles. The zero-order chi connectivity index (χ0) is 9.19. The van der Waals surface area contributed by atoms with Crippen LogP contribution in [0.4, 0.5) is 0 Å². The number of hydrogen-bond acceptors (Lipinski definition) is 2. The van der Waals surface area contributed by atoms with Crippen LogP contribution in [0, 0.1) is 0 Å². The highest BCUT2D eigenvalue weighted by atomic mass is 31.2. The summed E-state index contributed by atoms with van der Waals surface area (Å²) in [6.07, 6.45) is 0. The monoisotopic (exact) mass is 186 g/mol. The lowest BCUT2D eigenvalue weighted by Gasteiger charge is -2.06. The maximum atomic E-state index is 11.2. The fraction of sp³-hybridized carbons (Fsp3) is 0.250. The van der Waals surface area contributed by atoms with Crippen molar-refractivity contribution >= 4 is 12.7 Å². The Morgan fingerprint density at radius 2 is 2.17 bits per heavy atom. The molecule has 1 atom stereocenters. The van der Waals surface area contributed by atoms with E-state index in [-0.39, 0.29) is 0 Å². The minimum atomic E-state index is -3.14. The van der Waals surface area contributed by atoms with Gasteiger partial charge < -0.3 is 9.63 Å². The van der Waals surface area contributed by atoms with Crippen LogP contribution in [0.25, 0.3) is 0 Å². The Bertz CT molecular complexity index is 316. The first-order chi connectivity index (χ1) is 5.54. The summed E-state index contributed by atoms with van der Waals surface area (Å²) < 4.78 is 16.1. The van der Waals surface area contributed by atoms with E-state index >= 15 is 0 Å². The SMILES string of the molecule is COc1cccc(P(C)(=O)O)c1. The molecule has 0 heterocycles. The van der Waals surface area contributed by atoms with Crippen molar-refractivity contribution in [2.75, 3.05) is 13.8 Å². The Morgan fingerprint density at radius 3 is 2.67 bits per heavy atom. The molecule has 0 saturated carbocycles. The van der Waals surface area contributed by atoms with Gasteiger partial charge in [0.1, 0.15) is 5.75 Å². The van der Waals surface area contributed by atoms with Crippen LogP contribution in [0.15, 0.2) is 24.3 Å². The van der Waals surface area contributed by atoms with Crippen LogP contribution >= 0.6 is 7.37 Å². The van der Waals surface area contributed by atoms with E-state index in [4.69, 9.17) is 4.74 Å². The Labute approximate surface area is 71.4 Å². The van der Waals surface area contributed by atoms with Crippen LogP contribution in [0.2, 0.25) is 0 Å². The first-order valence-electron chi connectivity index (χ1n) is 3.49. The molecule has 0 aliphatic heterocycles. The molecule has 1 unspecified atom stereocenters. The normalized spacial score (nSPS) is 15.2. The molecule has 0 fully saturated rings. The summed E-state index contributed by atoms with van der Waals surface area (Å²) >= 11 is 0. The summed E-state index contributed by atoms with van der Waals surface area (Å²) in [5, 5.41) is 0.418. The number of ether oxygens (including phenoxy) is 1. The third-order valence-electron chi connectivity index (χ3n) is 1.53. The lowest BCUT2D eigenvalue weighted by molar-refractivity contribution is 0.415. The summed E-state index contributed by atoms with van der Waals surface area (Å²) in [6.45, 7) is 1.31. The van der Waals surface area contributed by atoms with Crippen LogP contribution in [0.5, 0.6) is 5.75 Å². The molecule has 66 valence electrons. The maximum absolute atomic E-state index is 11.2. The van der Waals surface area contributed by atoms with E-state index in [0.717, 1.165) is 0 Å². The zero-order valence-electron chi connectivity index (χ0n) is 7.02. The van der Waals surface area contributed by atoms with Gasteiger partial charge in [0.25, 0.3) is 0 Å². The van der Waals surface area contributed by atoms with Gasteiger partial charge in [0.15, 0.2) is 0 Å². The third-order valence-corrected chi connectivity index (χ3v) is 2.77. The van der Waals surface area contributed by atoms with Gasteiger partial charge >= 0.3 is 0 Å². The molecule has 12 heavy (non-hydrogen) atoms. The van der Waals surface area contributed by atoms with E-state index in [9.17, 15) is 9.46 Å². The predicted molar refractivity (Wildman–Crippen MR) is 48.4 cm³/mol. The molecule has 0 aliphatic rings. The lowest BCUT2D eigenvalue weighted by Crippen LogP contribution is -2.02. The van der Waals surface area contributed by atoms with Crippen LogP contribution < -0.4 is 10.0 Å². The van der Waals surface area contributed by atoms with Gasteiger partial charge in [0.2, 0.25) is 7.37 Å². The van der Waals surface area contributed by atoms with Crippen molar-refractivity contribution in [3.05, 3.63) is 24.3 Å². The van der Waals surface area contributed by atoms with Crippen molar-refractivity contribution < 1.29 is 14.2 Å². The largest absolute Gasteiger partial charge is 0.497 e. The van der Waals surface area contributed by atoms with Crippen molar-refractivity contribution in [3.8, 4) is 5.75 Å². The van der Waals surface area contributed by atoms with Gasteiger partial charge in [-0.2, -0.15) is 0 Å². The topological polar surface area (TPSA) is 46.5 Å². The molecular formula is C8H11O3P. The fourth-order valence-electron chi connectivity index (χ4n) is 0.869. The van der Waals surface area contributed by atoms with Crippen LogP contribution in [-0.4, -0.2) is 18.7 Å². The zero-order valence-corrected chi connectivity index (χ0v) is 7.91. The molecule has 1 aromatic rings. The van der Waals surface area contributed by atoms with E-state index in [2.05, 4.69) is 0 Å². The second-order valence-corrected chi connectivity index (χ2v) is 4.86. The fourth-order valence-corrected chi connectivity index (χ4v) is 1.60. The van der Waals surface area contributed by atoms with Crippen LogP contribution in [0.3, 0.4) is 0 Å². The summed E-state index contributed by atoms with van der Waals surface area (Å²) in [7, 11) is -1.61. The van der Waals surface area contributed by atoms with Gasteiger partial charge in [-0.15, -0.1) is 0 Å². The summed E-state index contributed by atoms with van der Waals surface area (Å²) in [5.74, 6) is 0.601. The van der Waals surface area contributed by atoms with E-state index in [1.807, 2.05) is 0 Å². The average molecular weight is 186 g/mol. The van der Waals surface area contributed by atoms with E-state index in [1.54, 1.807) is 24.3 Å². The highest BCUT2D eigenvalue weighted by Crippen LogP contribution is 2.34.